The van der Waals surface area contributed by atoms with E-state index in [1.807, 2.05) is 35.2 Å². The molecule has 4 heteroatoms. The molecule has 3 nitrogen and oxygen atoms in total. The summed E-state index contributed by atoms with van der Waals surface area (Å²) in [4.78, 5) is 26.9. The Balaban J connectivity index is 1.52. The Bertz CT molecular complexity index is 767. The fraction of sp³-hybridized carbons (Fsp3) is 0.391. The molecule has 0 unspecified atom stereocenters. The molecule has 142 valence electrons. The number of Topliss-reactive ketones (excluding diaryl/α,β-unsaturated/α-hetero) is 1. The molecule has 1 amide bonds. The van der Waals surface area contributed by atoms with Gasteiger partial charge in [0.15, 0.2) is 5.78 Å². The van der Waals surface area contributed by atoms with E-state index in [1.54, 1.807) is 0 Å². The second kappa shape index (κ2) is 9.23. The number of hydrogen-bond donors (Lipinski definition) is 0. The lowest BCUT2D eigenvalue weighted by atomic mass is 10.0. The van der Waals surface area contributed by atoms with Crippen LogP contribution in [0.5, 0.6) is 0 Å². The zero-order valence-corrected chi connectivity index (χ0v) is 16.9. The number of nitrogens with zero attached hydrogens (tertiary/aromatic N) is 1. The molecule has 0 aliphatic heterocycles. The normalized spacial score (nSPS) is 13.6. The van der Waals surface area contributed by atoms with Crippen LogP contribution in [0.1, 0.15) is 54.1 Å². The third kappa shape index (κ3) is 5.70. The lowest BCUT2D eigenvalue weighted by Crippen LogP contribution is -2.34. The monoisotopic (exact) mass is 381 g/mol. The van der Waals surface area contributed by atoms with E-state index in [1.165, 1.54) is 22.9 Å². The van der Waals surface area contributed by atoms with Gasteiger partial charge in [-0.3, -0.25) is 9.59 Å². The van der Waals surface area contributed by atoms with E-state index in [2.05, 4.69) is 38.1 Å². The third-order valence-corrected chi connectivity index (χ3v) is 5.78. The van der Waals surface area contributed by atoms with Crippen LogP contribution >= 0.6 is 11.8 Å². The van der Waals surface area contributed by atoms with E-state index in [0.717, 1.165) is 12.8 Å². The highest BCUT2D eigenvalue weighted by atomic mass is 32.2. The third-order valence-electron chi connectivity index (χ3n) is 4.86. The van der Waals surface area contributed by atoms with Crippen molar-refractivity contribution in [3.05, 3.63) is 71.3 Å². The Kier molecular flexibility index (Phi) is 6.73. The lowest BCUT2D eigenvalue weighted by Gasteiger charge is -2.22. The molecule has 1 saturated carbocycles. The summed E-state index contributed by atoms with van der Waals surface area (Å²) in [6, 6.07) is 18.2. The first-order valence-electron chi connectivity index (χ1n) is 9.59. The van der Waals surface area contributed by atoms with Crippen molar-refractivity contribution in [1.82, 2.24) is 4.90 Å². The highest BCUT2D eigenvalue weighted by Crippen LogP contribution is 2.29. The van der Waals surface area contributed by atoms with Gasteiger partial charge < -0.3 is 4.90 Å². The van der Waals surface area contributed by atoms with Gasteiger partial charge in [-0.25, -0.2) is 0 Å². The van der Waals surface area contributed by atoms with Gasteiger partial charge in [0.05, 0.1) is 11.5 Å². The molecule has 1 aliphatic carbocycles. The van der Waals surface area contributed by atoms with Crippen molar-refractivity contribution in [2.45, 2.75) is 45.2 Å². The summed E-state index contributed by atoms with van der Waals surface area (Å²) < 4.78 is 0. The number of carbonyl (C=O) groups is 2. The van der Waals surface area contributed by atoms with Crippen molar-refractivity contribution in [3.63, 3.8) is 0 Å². The van der Waals surface area contributed by atoms with E-state index in [0.29, 0.717) is 35.6 Å². The maximum absolute atomic E-state index is 12.7. The predicted octanol–water partition coefficient (Wildman–Crippen LogP) is 4.92. The summed E-state index contributed by atoms with van der Waals surface area (Å²) in [6.07, 6.45) is 2.17. The van der Waals surface area contributed by atoms with E-state index in [9.17, 15) is 9.59 Å². The van der Waals surface area contributed by atoms with Crippen LogP contribution in [-0.2, 0) is 11.3 Å². The van der Waals surface area contributed by atoms with Crippen molar-refractivity contribution in [2.24, 2.45) is 0 Å². The first-order valence-corrected chi connectivity index (χ1v) is 10.7. The van der Waals surface area contributed by atoms with Gasteiger partial charge in [-0.1, -0.05) is 68.4 Å². The minimum atomic E-state index is 0.0793. The zero-order valence-electron chi connectivity index (χ0n) is 16.1. The van der Waals surface area contributed by atoms with Crippen molar-refractivity contribution in [1.29, 1.82) is 0 Å². The van der Waals surface area contributed by atoms with Crippen LogP contribution < -0.4 is 0 Å². The summed E-state index contributed by atoms with van der Waals surface area (Å²) in [5.41, 5.74) is 3.20. The number of ketones is 1. The van der Waals surface area contributed by atoms with Gasteiger partial charge in [0.2, 0.25) is 5.91 Å². The zero-order chi connectivity index (χ0) is 19.2. The van der Waals surface area contributed by atoms with Gasteiger partial charge in [0, 0.05) is 18.2 Å². The first-order chi connectivity index (χ1) is 13.0. The summed E-state index contributed by atoms with van der Waals surface area (Å²) >= 11 is 1.41. The molecule has 2 aromatic carbocycles. The van der Waals surface area contributed by atoms with Gasteiger partial charge in [-0.15, -0.1) is 11.8 Å². The smallest absolute Gasteiger partial charge is 0.233 e. The summed E-state index contributed by atoms with van der Waals surface area (Å²) in [7, 11) is 0. The van der Waals surface area contributed by atoms with Gasteiger partial charge >= 0.3 is 0 Å². The second-order valence-electron chi connectivity index (χ2n) is 7.43. The van der Waals surface area contributed by atoms with E-state index >= 15 is 0 Å². The van der Waals surface area contributed by atoms with Gasteiger partial charge in [0.25, 0.3) is 0 Å². The number of benzene rings is 2. The predicted molar refractivity (Wildman–Crippen MR) is 112 cm³/mol. The summed E-state index contributed by atoms with van der Waals surface area (Å²) in [5.74, 6) is 1.43. The first kappa shape index (κ1) is 19.7. The molecule has 0 saturated heterocycles. The Morgan fingerprint density at radius 2 is 1.67 bits per heavy atom. The molecule has 0 N–H and O–H groups in total. The molecular weight excluding hydrogens is 354 g/mol. The van der Waals surface area contributed by atoms with Gasteiger partial charge in [0.1, 0.15) is 0 Å². The van der Waals surface area contributed by atoms with E-state index < -0.39 is 0 Å². The second-order valence-corrected chi connectivity index (χ2v) is 8.42. The standard InChI is InChI=1S/C23H27NO2S/c1-17(2)19-10-8-18(9-11-19)14-24(21-12-13-21)23(26)16-27-15-22(25)20-6-4-3-5-7-20/h3-11,17,21H,12-16H2,1-2H3. The molecule has 0 heterocycles. The molecule has 0 aromatic heterocycles. The number of carbonyl (C=O) groups excluding carboxylic acids is 2. The molecule has 2 aromatic rings. The molecule has 0 spiro atoms. The molecular formula is C23H27NO2S. The van der Waals surface area contributed by atoms with Crippen LogP contribution in [0.25, 0.3) is 0 Å². The SMILES string of the molecule is CC(C)c1ccc(CN(C(=O)CSCC(=O)c2ccccc2)C2CC2)cc1. The van der Waals surface area contributed by atoms with Crippen molar-refractivity contribution in [2.75, 3.05) is 11.5 Å². The fourth-order valence-corrected chi connectivity index (χ4v) is 3.83. The fourth-order valence-electron chi connectivity index (χ4n) is 3.03. The summed E-state index contributed by atoms with van der Waals surface area (Å²) in [6.45, 7) is 5.03. The van der Waals surface area contributed by atoms with Crippen LogP contribution in [0.3, 0.4) is 0 Å². The largest absolute Gasteiger partial charge is 0.335 e. The minimum absolute atomic E-state index is 0.0793. The maximum Gasteiger partial charge on any atom is 0.233 e. The van der Waals surface area contributed by atoms with Gasteiger partial charge in [-0.2, -0.15) is 0 Å². The van der Waals surface area contributed by atoms with Crippen LogP contribution in [0, 0.1) is 0 Å². The molecule has 1 fully saturated rings. The van der Waals surface area contributed by atoms with Crippen LogP contribution in [-0.4, -0.2) is 34.1 Å². The Hall–Kier alpha value is -2.07. The van der Waals surface area contributed by atoms with Crippen LogP contribution in [0.2, 0.25) is 0 Å². The van der Waals surface area contributed by atoms with Crippen LogP contribution in [0.4, 0.5) is 0 Å². The quantitative estimate of drug-likeness (QED) is 0.579. The topological polar surface area (TPSA) is 37.4 Å². The highest BCUT2D eigenvalue weighted by molar-refractivity contribution is 8.00. The lowest BCUT2D eigenvalue weighted by molar-refractivity contribution is -0.129. The van der Waals surface area contributed by atoms with Gasteiger partial charge in [-0.05, 0) is 29.9 Å². The number of thioether (sulfide) groups is 1. The minimum Gasteiger partial charge on any atom is -0.335 e. The Morgan fingerprint density at radius 1 is 1.00 bits per heavy atom. The molecule has 3 rings (SSSR count). The average molecular weight is 382 g/mol. The number of rotatable bonds is 9. The molecule has 0 radical (unpaired) electrons. The Morgan fingerprint density at radius 3 is 2.26 bits per heavy atom. The van der Waals surface area contributed by atoms with Crippen molar-refractivity contribution in [3.8, 4) is 0 Å². The van der Waals surface area contributed by atoms with Crippen molar-refractivity contribution < 1.29 is 9.59 Å². The molecule has 0 atom stereocenters. The number of hydrogen-bond acceptors (Lipinski definition) is 3. The van der Waals surface area contributed by atoms with E-state index in [-0.39, 0.29) is 11.7 Å². The maximum atomic E-state index is 12.7. The molecule has 1 aliphatic rings. The molecule has 0 bridgehead atoms. The average Bonchev–Trinajstić information content (AvgIpc) is 3.52. The Labute approximate surface area is 166 Å². The number of amides is 1. The van der Waals surface area contributed by atoms with E-state index in [4.69, 9.17) is 0 Å². The highest BCUT2D eigenvalue weighted by Gasteiger charge is 2.32. The van der Waals surface area contributed by atoms with Crippen molar-refractivity contribution >= 4 is 23.5 Å². The summed E-state index contributed by atoms with van der Waals surface area (Å²) in [5, 5.41) is 0. The van der Waals surface area contributed by atoms with Crippen LogP contribution in [0.15, 0.2) is 54.6 Å². The molecule has 27 heavy (non-hydrogen) atoms.